The van der Waals surface area contributed by atoms with E-state index in [1.54, 1.807) is 21.3 Å². The number of hydrogen-bond donors (Lipinski definition) is 1. The molecule has 2 heterocycles. The second-order valence-electron chi connectivity index (χ2n) is 7.11. The Bertz CT molecular complexity index is 987. The molecule has 1 N–H and O–H groups in total. The molecule has 0 unspecified atom stereocenters. The molecule has 1 atom stereocenters. The number of ether oxygens (including phenoxy) is 4. The van der Waals surface area contributed by atoms with Crippen LogP contribution in [0.1, 0.15) is 22.7 Å². The molecule has 0 radical (unpaired) electrons. The first kappa shape index (κ1) is 17.0. The van der Waals surface area contributed by atoms with Gasteiger partial charge in [0.1, 0.15) is 0 Å². The van der Waals surface area contributed by atoms with Crippen LogP contribution in [0.3, 0.4) is 0 Å². The van der Waals surface area contributed by atoms with Gasteiger partial charge in [-0.25, -0.2) is 4.79 Å². The van der Waals surface area contributed by atoms with Crippen LogP contribution >= 0.6 is 0 Å². The molecular weight excluding hydrogens is 360 g/mol. The van der Waals surface area contributed by atoms with E-state index >= 15 is 0 Å². The maximum absolute atomic E-state index is 12.6. The summed E-state index contributed by atoms with van der Waals surface area (Å²) < 4.78 is 22.9. The van der Waals surface area contributed by atoms with E-state index in [1.165, 1.54) is 5.56 Å². The van der Waals surface area contributed by atoms with Gasteiger partial charge in [-0.1, -0.05) is 6.07 Å². The summed E-state index contributed by atoms with van der Waals surface area (Å²) in [4.78, 5) is 14.5. The van der Waals surface area contributed by atoms with Crippen molar-refractivity contribution in [2.24, 2.45) is 0 Å². The van der Waals surface area contributed by atoms with Crippen molar-refractivity contribution in [2.75, 3.05) is 34.6 Å². The minimum Gasteiger partial charge on any atom is -0.493 e. The van der Waals surface area contributed by atoms with Gasteiger partial charge in [-0.05, 0) is 41.7 Å². The third-order valence-electron chi connectivity index (χ3n) is 5.89. The fraction of sp³-hybridized carbons (Fsp3) is 0.381. The van der Waals surface area contributed by atoms with Gasteiger partial charge >= 0.3 is 6.03 Å². The van der Waals surface area contributed by atoms with Gasteiger partial charge in [0.05, 0.1) is 20.3 Å². The zero-order valence-electron chi connectivity index (χ0n) is 16.1. The topological polar surface area (TPSA) is 69.3 Å². The zero-order chi connectivity index (χ0) is 19.4. The minimum atomic E-state index is -0.0665. The van der Waals surface area contributed by atoms with Crippen molar-refractivity contribution in [2.45, 2.75) is 18.9 Å². The van der Waals surface area contributed by atoms with Gasteiger partial charge in [0.2, 0.25) is 6.79 Å². The monoisotopic (exact) mass is 382 g/mol. The highest BCUT2D eigenvalue weighted by atomic mass is 16.7. The lowest BCUT2D eigenvalue weighted by Gasteiger charge is -2.41. The number of benzene rings is 2. The lowest BCUT2D eigenvalue weighted by molar-refractivity contribution is 0.169. The third-order valence-corrected chi connectivity index (χ3v) is 5.89. The van der Waals surface area contributed by atoms with Gasteiger partial charge in [-0.2, -0.15) is 0 Å². The minimum absolute atomic E-state index is 0.0567. The zero-order valence-corrected chi connectivity index (χ0v) is 16.1. The maximum Gasteiger partial charge on any atom is 0.317 e. The summed E-state index contributed by atoms with van der Waals surface area (Å²) >= 11 is 0. The van der Waals surface area contributed by atoms with E-state index in [-0.39, 0.29) is 18.9 Å². The fourth-order valence-electron chi connectivity index (χ4n) is 4.72. The van der Waals surface area contributed by atoms with Gasteiger partial charge in [-0.3, -0.25) is 0 Å². The number of carbonyl (C=O) groups is 1. The van der Waals surface area contributed by atoms with Crippen LogP contribution in [0.2, 0.25) is 0 Å². The summed E-state index contributed by atoms with van der Waals surface area (Å²) in [6.45, 7) is 0.857. The van der Waals surface area contributed by atoms with Crippen molar-refractivity contribution < 1.29 is 23.7 Å². The molecule has 0 aromatic heterocycles. The largest absolute Gasteiger partial charge is 0.493 e. The van der Waals surface area contributed by atoms with Crippen molar-refractivity contribution in [3.05, 3.63) is 34.9 Å². The SMILES string of the molecule is CNC(=O)N1CCc2cc3c(c4c2[C@@H]1Cc1ccc(OC)c(OC)c1-4)OCO3. The molecule has 2 amide bonds. The fourth-order valence-corrected chi connectivity index (χ4v) is 4.72. The number of carbonyl (C=O) groups excluding carboxylic acids is 1. The van der Waals surface area contributed by atoms with E-state index in [4.69, 9.17) is 18.9 Å². The molecule has 0 bridgehead atoms. The van der Waals surface area contributed by atoms with Crippen LogP contribution in [-0.4, -0.2) is 45.5 Å². The van der Waals surface area contributed by atoms with Crippen LogP contribution in [0, 0.1) is 0 Å². The van der Waals surface area contributed by atoms with Gasteiger partial charge in [0.25, 0.3) is 0 Å². The first-order chi connectivity index (χ1) is 13.7. The Kier molecular flexibility index (Phi) is 3.79. The van der Waals surface area contributed by atoms with E-state index < -0.39 is 0 Å². The van der Waals surface area contributed by atoms with Crippen molar-refractivity contribution in [1.82, 2.24) is 10.2 Å². The molecule has 1 aliphatic carbocycles. The Labute approximate surface area is 163 Å². The number of fused-ring (bicyclic) bond motifs is 4. The lowest BCUT2D eigenvalue weighted by atomic mass is 9.76. The Morgan fingerprint density at radius 2 is 2.04 bits per heavy atom. The van der Waals surface area contributed by atoms with Crippen LogP contribution in [0.4, 0.5) is 4.79 Å². The molecule has 3 aliphatic rings. The maximum atomic E-state index is 12.6. The number of hydrogen-bond acceptors (Lipinski definition) is 5. The second kappa shape index (κ2) is 6.22. The van der Waals surface area contributed by atoms with Crippen LogP contribution in [0.5, 0.6) is 23.0 Å². The number of nitrogens with zero attached hydrogens (tertiary/aromatic N) is 1. The molecule has 7 heteroatoms. The van der Waals surface area contributed by atoms with E-state index in [0.717, 1.165) is 40.2 Å². The molecule has 7 nitrogen and oxygen atoms in total. The highest BCUT2D eigenvalue weighted by molar-refractivity contribution is 5.90. The number of methoxy groups -OCH3 is 2. The average Bonchev–Trinajstić information content (AvgIpc) is 3.20. The number of amides is 2. The molecule has 0 saturated carbocycles. The molecule has 5 rings (SSSR count). The first-order valence-corrected chi connectivity index (χ1v) is 9.35. The van der Waals surface area contributed by atoms with Crippen molar-refractivity contribution in [3.8, 4) is 34.1 Å². The molecule has 0 fully saturated rings. The predicted molar refractivity (Wildman–Crippen MR) is 102 cm³/mol. The van der Waals surface area contributed by atoms with Crippen LogP contribution in [0.25, 0.3) is 11.1 Å². The van der Waals surface area contributed by atoms with E-state index in [9.17, 15) is 4.79 Å². The van der Waals surface area contributed by atoms with Crippen molar-refractivity contribution in [1.29, 1.82) is 0 Å². The molecular formula is C21H22N2O5. The van der Waals surface area contributed by atoms with Crippen LogP contribution in [-0.2, 0) is 12.8 Å². The summed E-state index contributed by atoms with van der Waals surface area (Å²) in [5, 5.41) is 2.78. The van der Waals surface area contributed by atoms with E-state index in [2.05, 4.69) is 11.4 Å². The van der Waals surface area contributed by atoms with Crippen molar-refractivity contribution >= 4 is 6.03 Å². The normalized spacial score (nSPS) is 18.2. The molecule has 146 valence electrons. The standard InChI is InChI=1S/C21H22N2O5/c1-22-21(24)23-7-6-12-9-15-20(28-10-27-15)18-16(12)13(23)8-11-4-5-14(25-2)19(26-3)17(11)18/h4-5,9,13H,6-8,10H2,1-3H3,(H,22,24)/t13-/m0/s1. The highest BCUT2D eigenvalue weighted by Gasteiger charge is 2.41. The van der Waals surface area contributed by atoms with Gasteiger partial charge in [0, 0.05) is 24.7 Å². The number of rotatable bonds is 2. The molecule has 0 saturated heterocycles. The van der Waals surface area contributed by atoms with Gasteiger partial charge in [0.15, 0.2) is 23.0 Å². The summed E-state index contributed by atoms with van der Waals surface area (Å²) in [5.74, 6) is 2.82. The van der Waals surface area contributed by atoms with Crippen LogP contribution < -0.4 is 24.3 Å². The Morgan fingerprint density at radius 1 is 1.18 bits per heavy atom. The third kappa shape index (κ3) is 2.19. The summed E-state index contributed by atoms with van der Waals surface area (Å²) in [5.41, 5.74) is 5.34. The lowest BCUT2D eigenvalue weighted by Crippen LogP contribution is -2.46. The molecule has 28 heavy (non-hydrogen) atoms. The summed E-state index contributed by atoms with van der Waals surface area (Å²) in [6.07, 6.45) is 1.48. The smallest absolute Gasteiger partial charge is 0.317 e. The first-order valence-electron chi connectivity index (χ1n) is 9.35. The Hall–Kier alpha value is -3.09. The second-order valence-corrected chi connectivity index (χ2v) is 7.11. The Balaban J connectivity index is 1.83. The molecule has 2 aliphatic heterocycles. The van der Waals surface area contributed by atoms with Gasteiger partial charge in [-0.15, -0.1) is 0 Å². The predicted octanol–water partition coefficient (Wildman–Crippen LogP) is 2.89. The highest BCUT2D eigenvalue weighted by Crippen LogP contribution is 2.57. The quantitative estimate of drug-likeness (QED) is 0.865. The summed E-state index contributed by atoms with van der Waals surface area (Å²) in [7, 11) is 4.95. The van der Waals surface area contributed by atoms with Crippen LogP contribution in [0.15, 0.2) is 18.2 Å². The molecule has 2 aromatic rings. The van der Waals surface area contributed by atoms with E-state index in [0.29, 0.717) is 24.5 Å². The molecule has 2 aromatic carbocycles. The Morgan fingerprint density at radius 3 is 2.79 bits per heavy atom. The number of nitrogens with one attached hydrogen (secondary N) is 1. The average molecular weight is 382 g/mol. The number of urea groups is 1. The summed E-state index contributed by atoms with van der Waals surface area (Å²) in [6, 6.07) is 5.90. The van der Waals surface area contributed by atoms with Crippen molar-refractivity contribution in [3.63, 3.8) is 0 Å². The van der Waals surface area contributed by atoms with E-state index in [1.807, 2.05) is 17.0 Å². The molecule has 0 spiro atoms. The van der Waals surface area contributed by atoms with Gasteiger partial charge < -0.3 is 29.2 Å².